The first kappa shape index (κ1) is 15.7. The topological polar surface area (TPSA) is 45.7 Å². The molecule has 1 saturated carbocycles. The van der Waals surface area contributed by atoms with Gasteiger partial charge in [-0.3, -0.25) is 4.99 Å². The quantitative estimate of drug-likeness (QED) is 0.647. The third-order valence-electron chi connectivity index (χ3n) is 3.90. The molecule has 1 aromatic rings. The third kappa shape index (κ3) is 4.96. The molecule has 1 aliphatic rings. The van der Waals surface area contributed by atoms with Gasteiger partial charge in [-0.2, -0.15) is 0 Å². The predicted molar refractivity (Wildman–Crippen MR) is 88.0 cm³/mol. The molecule has 0 radical (unpaired) electrons. The van der Waals surface area contributed by atoms with Crippen molar-refractivity contribution in [2.24, 2.45) is 4.99 Å². The molecule has 1 fully saturated rings. The lowest BCUT2D eigenvalue weighted by atomic mass is 10.2. The van der Waals surface area contributed by atoms with E-state index in [2.05, 4.69) is 35.5 Å². The molecule has 4 heteroatoms. The van der Waals surface area contributed by atoms with Crippen molar-refractivity contribution in [3.8, 4) is 5.75 Å². The molecule has 0 spiro atoms. The summed E-state index contributed by atoms with van der Waals surface area (Å²) in [5.74, 6) is 1.83. The Balaban J connectivity index is 1.77. The molecule has 1 atom stereocenters. The summed E-state index contributed by atoms with van der Waals surface area (Å²) in [5.41, 5.74) is 1.16. The zero-order valence-electron chi connectivity index (χ0n) is 13.4. The monoisotopic (exact) mass is 289 g/mol. The Morgan fingerprint density at radius 3 is 2.71 bits per heavy atom. The van der Waals surface area contributed by atoms with Crippen molar-refractivity contribution in [3.63, 3.8) is 0 Å². The second-order valence-corrected chi connectivity index (χ2v) is 5.77. The van der Waals surface area contributed by atoms with E-state index in [9.17, 15) is 0 Å². The van der Waals surface area contributed by atoms with Gasteiger partial charge in [0.15, 0.2) is 5.96 Å². The van der Waals surface area contributed by atoms with Crippen molar-refractivity contribution < 1.29 is 4.74 Å². The van der Waals surface area contributed by atoms with E-state index in [0.29, 0.717) is 6.04 Å². The van der Waals surface area contributed by atoms with Crippen LogP contribution in [0.1, 0.15) is 38.2 Å². The van der Waals surface area contributed by atoms with Crippen LogP contribution in [0.5, 0.6) is 5.75 Å². The summed E-state index contributed by atoms with van der Waals surface area (Å²) in [5, 5.41) is 6.83. The number of guanidine groups is 1. The predicted octanol–water partition coefficient (Wildman–Crippen LogP) is 2.87. The second-order valence-electron chi connectivity index (χ2n) is 5.77. The zero-order chi connectivity index (χ0) is 15.1. The molecule has 21 heavy (non-hydrogen) atoms. The fourth-order valence-electron chi connectivity index (χ4n) is 2.65. The number of para-hydroxylation sites is 1. The number of nitrogens with zero attached hydrogens (tertiary/aromatic N) is 1. The second kappa shape index (κ2) is 7.91. The number of rotatable bonds is 5. The van der Waals surface area contributed by atoms with Crippen molar-refractivity contribution in [1.82, 2.24) is 10.6 Å². The highest BCUT2D eigenvalue weighted by Gasteiger charge is 2.16. The summed E-state index contributed by atoms with van der Waals surface area (Å²) < 4.78 is 5.96. The average molecular weight is 289 g/mol. The maximum atomic E-state index is 5.96. The lowest BCUT2D eigenvalue weighted by Gasteiger charge is -2.20. The molecular weight excluding hydrogens is 262 g/mol. The molecular formula is C17H27N3O. The molecule has 0 saturated heterocycles. The van der Waals surface area contributed by atoms with Gasteiger partial charge in [0, 0.05) is 13.1 Å². The van der Waals surface area contributed by atoms with Crippen LogP contribution in [0.4, 0.5) is 0 Å². The lowest BCUT2D eigenvalue weighted by molar-refractivity contribution is 0.222. The normalized spacial score (nSPS) is 17.6. The first-order chi connectivity index (χ1) is 10.2. The van der Waals surface area contributed by atoms with E-state index in [-0.39, 0.29) is 6.10 Å². The van der Waals surface area contributed by atoms with Crippen molar-refractivity contribution in [1.29, 1.82) is 0 Å². The SMILES string of the molecule is CN=C(NCC(C)Oc1ccccc1C)NC1CCCC1. The van der Waals surface area contributed by atoms with E-state index in [0.717, 1.165) is 23.8 Å². The lowest BCUT2D eigenvalue weighted by Crippen LogP contribution is -2.45. The molecule has 2 N–H and O–H groups in total. The Kier molecular flexibility index (Phi) is 5.90. The Labute approximate surface area is 128 Å². The number of hydrogen-bond donors (Lipinski definition) is 2. The standard InChI is InChI=1S/C17H27N3O/c1-13-8-4-7-11-16(13)21-14(2)12-19-17(18-3)20-15-9-5-6-10-15/h4,7-8,11,14-15H,5-6,9-10,12H2,1-3H3,(H2,18,19,20). The van der Waals surface area contributed by atoms with Crippen LogP contribution >= 0.6 is 0 Å². The van der Waals surface area contributed by atoms with Crippen LogP contribution in [0.25, 0.3) is 0 Å². The Morgan fingerprint density at radius 2 is 2.05 bits per heavy atom. The number of benzene rings is 1. The first-order valence-corrected chi connectivity index (χ1v) is 7.88. The first-order valence-electron chi connectivity index (χ1n) is 7.88. The zero-order valence-corrected chi connectivity index (χ0v) is 13.4. The number of hydrogen-bond acceptors (Lipinski definition) is 2. The van der Waals surface area contributed by atoms with Gasteiger partial charge in [0.05, 0.1) is 6.54 Å². The molecule has 116 valence electrons. The number of aliphatic imine (C=N–C) groups is 1. The van der Waals surface area contributed by atoms with Gasteiger partial charge in [-0.25, -0.2) is 0 Å². The minimum atomic E-state index is 0.0910. The molecule has 4 nitrogen and oxygen atoms in total. The van der Waals surface area contributed by atoms with Gasteiger partial charge >= 0.3 is 0 Å². The third-order valence-corrected chi connectivity index (χ3v) is 3.90. The maximum Gasteiger partial charge on any atom is 0.191 e. The molecule has 0 aliphatic heterocycles. The molecule has 0 amide bonds. The van der Waals surface area contributed by atoms with Crippen LogP contribution in [0.2, 0.25) is 0 Å². The summed E-state index contributed by atoms with van der Waals surface area (Å²) in [4.78, 5) is 4.29. The molecule has 1 aromatic carbocycles. The Hall–Kier alpha value is -1.71. The molecule has 1 unspecified atom stereocenters. The molecule has 1 aliphatic carbocycles. The molecule has 0 aromatic heterocycles. The highest BCUT2D eigenvalue weighted by Crippen LogP contribution is 2.18. The van der Waals surface area contributed by atoms with E-state index in [1.165, 1.54) is 25.7 Å². The maximum absolute atomic E-state index is 5.96. The number of nitrogens with one attached hydrogen (secondary N) is 2. The van der Waals surface area contributed by atoms with E-state index in [1.54, 1.807) is 0 Å². The van der Waals surface area contributed by atoms with Crippen LogP contribution in [0, 0.1) is 6.92 Å². The smallest absolute Gasteiger partial charge is 0.191 e. The summed E-state index contributed by atoms with van der Waals surface area (Å²) in [6.07, 6.45) is 5.22. The van der Waals surface area contributed by atoms with Gasteiger partial charge in [-0.1, -0.05) is 31.0 Å². The van der Waals surface area contributed by atoms with Crippen molar-refractivity contribution in [2.45, 2.75) is 51.7 Å². The van der Waals surface area contributed by atoms with E-state index in [4.69, 9.17) is 4.74 Å². The number of ether oxygens (including phenoxy) is 1. The summed E-state index contributed by atoms with van der Waals surface area (Å²) in [6, 6.07) is 8.68. The van der Waals surface area contributed by atoms with Gasteiger partial charge in [-0.05, 0) is 38.3 Å². The summed E-state index contributed by atoms with van der Waals surface area (Å²) in [7, 11) is 1.82. The van der Waals surface area contributed by atoms with Crippen LogP contribution in [-0.4, -0.2) is 31.7 Å². The molecule has 0 heterocycles. The highest BCUT2D eigenvalue weighted by molar-refractivity contribution is 5.80. The van der Waals surface area contributed by atoms with Crippen LogP contribution in [0.3, 0.4) is 0 Å². The minimum Gasteiger partial charge on any atom is -0.489 e. The number of aryl methyl sites for hydroxylation is 1. The fourth-order valence-corrected chi connectivity index (χ4v) is 2.65. The van der Waals surface area contributed by atoms with Crippen LogP contribution in [0.15, 0.2) is 29.3 Å². The van der Waals surface area contributed by atoms with E-state index < -0.39 is 0 Å². The van der Waals surface area contributed by atoms with E-state index in [1.807, 2.05) is 25.2 Å². The minimum absolute atomic E-state index is 0.0910. The molecule has 0 bridgehead atoms. The van der Waals surface area contributed by atoms with Gasteiger partial charge in [-0.15, -0.1) is 0 Å². The van der Waals surface area contributed by atoms with Gasteiger partial charge in [0.25, 0.3) is 0 Å². The van der Waals surface area contributed by atoms with Gasteiger partial charge < -0.3 is 15.4 Å². The summed E-state index contributed by atoms with van der Waals surface area (Å²) in [6.45, 7) is 4.87. The van der Waals surface area contributed by atoms with Crippen LogP contribution in [-0.2, 0) is 0 Å². The van der Waals surface area contributed by atoms with Crippen molar-refractivity contribution in [2.75, 3.05) is 13.6 Å². The molecule has 2 rings (SSSR count). The Morgan fingerprint density at radius 1 is 1.33 bits per heavy atom. The van der Waals surface area contributed by atoms with Crippen molar-refractivity contribution >= 4 is 5.96 Å². The average Bonchev–Trinajstić information content (AvgIpc) is 2.99. The van der Waals surface area contributed by atoms with Gasteiger partial charge in [0.2, 0.25) is 0 Å². The Bertz CT molecular complexity index is 467. The van der Waals surface area contributed by atoms with Gasteiger partial charge in [0.1, 0.15) is 11.9 Å². The van der Waals surface area contributed by atoms with Crippen molar-refractivity contribution in [3.05, 3.63) is 29.8 Å². The summed E-state index contributed by atoms with van der Waals surface area (Å²) >= 11 is 0. The highest BCUT2D eigenvalue weighted by atomic mass is 16.5. The van der Waals surface area contributed by atoms with E-state index >= 15 is 0 Å². The largest absolute Gasteiger partial charge is 0.489 e. The van der Waals surface area contributed by atoms with Crippen LogP contribution < -0.4 is 15.4 Å². The fraction of sp³-hybridized carbons (Fsp3) is 0.588.